The molecule has 2 rings (SSSR count). The van der Waals surface area contributed by atoms with Gasteiger partial charge in [-0.15, -0.1) is 0 Å². The second-order valence-electron chi connectivity index (χ2n) is 4.90. The highest BCUT2D eigenvalue weighted by Crippen LogP contribution is 2.23. The minimum Gasteiger partial charge on any atom is -0.489 e. The molecule has 4 heteroatoms. The first kappa shape index (κ1) is 13.8. The van der Waals surface area contributed by atoms with Crippen LogP contribution in [-0.2, 0) is 4.79 Å². The Hall–Kier alpha value is -1.58. The second kappa shape index (κ2) is 7.12. The van der Waals surface area contributed by atoms with E-state index in [0.29, 0.717) is 13.2 Å². The minimum atomic E-state index is -0.374. The van der Waals surface area contributed by atoms with E-state index < -0.39 is 0 Å². The van der Waals surface area contributed by atoms with Gasteiger partial charge < -0.3 is 10.1 Å². The number of carbonyl (C=O) groups is 1. The summed E-state index contributed by atoms with van der Waals surface area (Å²) in [6, 6.07) is 6.28. The molecule has 0 unspecified atom stereocenters. The molecule has 0 bridgehead atoms. The van der Waals surface area contributed by atoms with Gasteiger partial charge in [0.05, 0.1) is 6.54 Å². The number of amides is 1. The van der Waals surface area contributed by atoms with Crippen LogP contribution >= 0.6 is 0 Å². The number of para-hydroxylation sites is 1. The van der Waals surface area contributed by atoms with Crippen molar-refractivity contribution in [3.05, 3.63) is 30.1 Å². The van der Waals surface area contributed by atoms with Crippen molar-refractivity contribution < 1.29 is 13.9 Å². The third-order valence-electron chi connectivity index (χ3n) is 3.47. The molecule has 3 nitrogen and oxygen atoms in total. The summed E-state index contributed by atoms with van der Waals surface area (Å²) in [5, 5.41) is 2.86. The molecule has 1 aliphatic rings. The molecule has 1 aromatic rings. The fourth-order valence-electron chi connectivity index (χ4n) is 2.41. The Morgan fingerprint density at radius 3 is 2.74 bits per heavy atom. The van der Waals surface area contributed by atoms with Crippen LogP contribution in [0, 0.1) is 11.7 Å². The smallest absolute Gasteiger partial charge is 0.223 e. The number of nitrogens with one attached hydrogen (secondary N) is 1. The lowest BCUT2D eigenvalue weighted by Crippen LogP contribution is -2.34. The number of hydrogen-bond donors (Lipinski definition) is 1. The molecule has 1 aromatic carbocycles. The maximum Gasteiger partial charge on any atom is 0.223 e. The fraction of sp³-hybridized carbons (Fsp3) is 0.533. The van der Waals surface area contributed by atoms with Crippen molar-refractivity contribution in [3.63, 3.8) is 0 Å². The number of halogens is 1. The molecule has 1 aliphatic carbocycles. The van der Waals surface area contributed by atoms with Crippen LogP contribution in [-0.4, -0.2) is 19.1 Å². The Balaban J connectivity index is 1.66. The van der Waals surface area contributed by atoms with E-state index in [-0.39, 0.29) is 23.4 Å². The van der Waals surface area contributed by atoms with Gasteiger partial charge in [-0.05, 0) is 25.0 Å². The highest BCUT2D eigenvalue weighted by Gasteiger charge is 2.20. The van der Waals surface area contributed by atoms with Crippen molar-refractivity contribution in [1.29, 1.82) is 0 Å². The maximum atomic E-state index is 13.3. The standard InChI is InChI=1S/C15H20FNO2/c16-13-8-4-5-9-14(13)19-11-10-17-15(18)12-6-2-1-3-7-12/h4-5,8-9,12H,1-3,6-7,10-11H2,(H,17,18). The van der Waals surface area contributed by atoms with Gasteiger partial charge in [-0.2, -0.15) is 0 Å². The summed E-state index contributed by atoms with van der Waals surface area (Å²) in [4.78, 5) is 11.8. The van der Waals surface area contributed by atoms with Gasteiger partial charge in [0.15, 0.2) is 11.6 Å². The highest BCUT2D eigenvalue weighted by atomic mass is 19.1. The zero-order valence-corrected chi connectivity index (χ0v) is 11.0. The van der Waals surface area contributed by atoms with Crippen molar-refractivity contribution in [2.75, 3.05) is 13.2 Å². The van der Waals surface area contributed by atoms with E-state index in [1.54, 1.807) is 18.2 Å². The topological polar surface area (TPSA) is 38.3 Å². The SMILES string of the molecule is O=C(NCCOc1ccccc1F)C1CCCCC1. The van der Waals surface area contributed by atoms with Crippen LogP contribution < -0.4 is 10.1 Å². The Kier molecular flexibility index (Phi) is 5.19. The van der Waals surface area contributed by atoms with Crippen LogP contribution in [0.3, 0.4) is 0 Å². The van der Waals surface area contributed by atoms with Crippen LogP contribution in [0.4, 0.5) is 4.39 Å². The zero-order valence-electron chi connectivity index (χ0n) is 11.0. The molecule has 1 saturated carbocycles. The number of benzene rings is 1. The van der Waals surface area contributed by atoms with E-state index in [9.17, 15) is 9.18 Å². The van der Waals surface area contributed by atoms with E-state index >= 15 is 0 Å². The van der Waals surface area contributed by atoms with Gasteiger partial charge in [0.25, 0.3) is 0 Å². The van der Waals surface area contributed by atoms with Crippen LogP contribution in [0.1, 0.15) is 32.1 Å². The Labute approximate surface area is 113 Å². The fourth-order valence-corrected chi connectivity index (χ4v) is 2.41. The molecule has 0 aromatic heterocycles. The molecule has 1 amide bonds. The van der Waals surface area contributed by atoms with Gasteiger partial charge in [-0.25, -0.2) is 4.39 Å². The number of hydrogen-bond acceptors (Lipinski definition) is 2. The van der Waals surface area contributed by atoms with Crippen molar-refractivity contribution in [2.24, 2.45) is 5.92 Å². The molecule has 104 valence electrons. The van der Waals surface area contributed by atoms with E-state index in [1.165, 1.54) is 12.5 Å². The Morgan fingerprint density at radius 2 is 2.00 bits per heavy atom. The third-order valence-corrected chi connectivity index (χ3v) is 3.47. The molecule has 0 radical (unpaired) electrons. The highest BCUT2D eigenvalue weighted by molar-refractivity contribution is 5.78. The first-order valence-electron chi connectivity index (χ1n) is 6.92. The second-order valence-corrected chi connectivity index (χ2v) is 4.90. The summed E-state index contributed by atoms with van der Waals surface area (Å²) >= 11 is 0. The van der Waals surface area contributed by atoms with E-state index in [1.807, 2.05) is 0 Å². The molecule has 19 heavy (non-hydrogen) atoms. The first-order chi connectivity index (χ1) is 9.27. The quantitative estimate of drug-likeness (QED) is 0.831. The monoisotopic (exact) mass is 265 g/mol. The number of rotatable bonds is 5. The van der Waals surface area contributed by atoms with Gasteiger partial charge in [-0.3, -0.25) is 4.79 Å². The van der Waals surface area contributed by atoms with Crippen molar-refractivity contribution in [2.45, 2.75) is 32.1 Å². The zero-order chi connectivity index (χ0) is 13.5. The molecule has 0 heterocycles. The van der Waals surface area contributed by atoms with Gasteiger partial charge >= 0.3 is 0 Å². The number of carbonyl (C=O) groups excluding carboxylic acids is 1. The third kappa shape index (κ3) is 4.23. The van der Waals surface area contributed by atoms with E-state index in [4.69, 9.17) is 4.74 Å². The molecule has 0 saturated heterocycles. The van der Waals surface area contributed by atoms with Gasteiger partial charge in [0.2, 0.25) is 5.91 Å². The molecule has 0 atom stereocenters. The van der Waals surface area contributed by atoms with Crippen LogP contribution in [0.25, 0.3) is 0 Å². The largest absolute Gasteiger partial charge is 0.489 e. The summed E-state index contributed by atoms with van der Waals surface area (Å²) in [6.07, 6.45) is 5.49. The van der Waals surface area contributed by atoms with Crippen molar-refractivity contribution >= 4 is 5.91 Å². The first-order valence-corrected chi connectivity index (χ1v) is 6.92. The normalized spacial score (nSPS) is 16.1. The number of ether oxygens (including phenoxy) is 1. The summed E-state index contributed by atoms with van der Waals surface area (Å²) in [5.74, 6) is 0.120. The minimum absolute atomic E-state index is 0.108. The van der Waals surface area contributed by atoms with Crippen LogP contribution in [0.5, 0.6) is 5.75 Å². The summed E-state index contributed by atoms with van der Waals surface area (Å²) in [7, 11) is 0. The summed E-state index contributed by atoms with van der Waals surface area (Å²) in [5.41, 5.74) is 0. The van der Waals surface area contributed by atoms with E-state index in [2.05, 4.69) is 5.32 Å². The van der Waals surface area contributed by atoms with Gasteiger partial charge in [0.1, 0.15) is 6.61 Å². The lowest BCUT2D eigenvalue weighted by Gasteiger charge is -2.20. The molecule has 1 N–H and O–H groups in total. The van der Waals surface area contributed by atoms with Gasteiger partial charge in [0, 0.05) is 5.92 Å². The average Bonchev–Trinajstić information content (AvgIpc) is 2.46. The molecular formula is C15H20FNO2. The maximum absolute atomic E-state index is 13.3. The molecular weight excluding hydrogens is 245 g/mol. The summed E-state index contributed by atoms with van der Waals surface area (Å²) in [6.45, 7) is 0.711. The molecule has 1 fully saturated rings. The Bertz CT molecular complexity index is 416. The predicted octanol–water partition coefficient (Wildman–Crippen LogP) is 2.90. The van der Waals surface area contributed by atoms with Crippen molar-refractivity contribution in [3.8, 4) is 5.75 Å². The lowest BCUT2D eigenvalue weighted by atomic mass is 9.89. The predicted molar refractivity (Wildman–Crippen MR) is 71.5 cm³/mol. The van der Waals surface area contributed by atoms with Crippen LogP contribution in [0.2, 0.25) is 0 Å². The molecule has 0 spiro atoms. The average molecular weight is 265 g/mol. The summed E-state index contributed by atoms with van der Waals surface area (Å²) < 4.78 is 18.5. The Morgan fingerprint density at radius 1 is 1.26 bits per heavy atom. The molecule has 0 aliphatic heterocycles. The van der Waals surface area contributed by atoms with Gasteiger partial charge in [-0.1, -0.05) is 31.4 Å². The van der Waals surface area contributed by atoms with Crippen molar-refractivity contribution in [1.82, 2.24) is 5.32 Å². The lowest BCUT2D eigenvalue weighted by molar-refractivity contribution is -0.126. The van der Waals surface area contributed by atoms with E-state index in [0.717, 1.165) is 25.7 Å². The van der Waals surface area contributed by atoms with Crippen LogP contribution in [0.15, 0.2) is 24.3 Å².